The van der Waals surface area contributed by atoms with Gasteiger partial charge in [0.05, 0.1) is 42.0 Å². The second kappa shape index (κ2) is 20.1. The molecular weight excluding hydrogens is 929 g/mol. The molecule has 3 fully saturated rings. The number of aliphatic hydroxyl groups excluding tert-OH is 2. The Labute approximate surface area is 365 Å². The second-order valence-corrected chi connectivity index (χ2v) is 17.3. The molecular formula is C40H73AcNO13. The maximum atomic E-state index is 14.3. The molecule has 0 aromatic rings. The van der Waals surface area contributed by atoms with Gasteiger partial charge in [-0.3, -0.25) is 9.59 Å². The van der Waals surface area contributed by atoms with Gasteiger partial charge >= 0.3 is 5.97 Å². The summed E-state index contributed by atoms with van der Waals surface area (Å²) in [6.07, 6.45) is -7.54. The Bertz CT molecular complexity index is 1260. The Morgan fingerprint density at radius 2 is 1.47 bits per heavy atom. The van der Waals surface area contributed by atoms with Crippen LogP contribution in [0, 0.1) is 67.7 Å². The first-order valence-electron chi connectivity index (χ1n) is 19.8. The van der Waals surface area contributed by atoms with Crippen molar-refractivity contribution in [2.45, 2.75) is 192 Å². The first-order chi connectivity index (χ1) is 24.9. The summed E-state index contributed by atoms with van der Waals surface area (Å²) in [4.78, 5) is 30.2. The number of carbonyl (C=O) groups is 2. The number of hydrogen-bond acceptors (Lipinski definition) is 14. The first-order valence-corrected chi connectivity index (χ1v) is 19.8. The van der Waals surface area contributed by atoms with Crippen molar-refractivity contribution in [1.29, 1.82) is 0 Å². The van der Waals surface area contributed by atoms with Gasteiger partial charge in [0, 0.05) is 88.5 Å². The Balaban J connectivity index is 0.0000105. The van der Waals surface area contributed by atoms with Crippen LogP contribution < -0.4 is 0 Å². The van der Waals surface area contributed by atoms with Crippen molar-refractivity contribution in [2.75, 3.05) is 28.3 Å². The van der Waals surface area contributed by atoms with E-state index >= 15 is 0 Å². The second-order valence-electron chi connectivity index (χ2n) is 17.3. The molecule has 17 unspecified atom stereocenters. The predicted molar refractivity (Wildman–Crippen MR) is 200 cm³/mol. The Kier molecular flexibility index (Phi) is 18.8. The van der Waals surface area contributed by atoms with E-state index in [0.29, 0.717) is 12.8 Å². The van der Waals surface area contributed by atoms with Gasteiger partial charge in [0.15, 0.2) is 12.6 Å². The number of aliphatic hydroxyl groups is 4. The number of methoxy groups -OCH3 is 2. The molecule has 0 aliphatic carbocycles. The zero-order valence-electron chi connectivity index (χ0n) is 36.1. The summed E-state index contributed by atoms with van der Waals surface area (Å²) in [5.74, 6) is -4.50. The molecule has 3 heterocycles. The van der Waals surface area contributed by atoms with Crippen molar-refractivity contribution in [2.24, 2.45) is 23.7 Å². The molecule has 55 heavy (non-hydrogen) atoms. The van der Waals surface area contributed by atoms with Crippen LogP contribution >= 0.6 is 0 Å². The SMILES string of the molecule is CC[C@H]1OC(=O)C(C)C(OC2CC(C)(OC)C(O)(CC)C(C)O2)C(C)C(OC2OC(C)CC(N(C)C)C2O)C(C)(OC)CC(C)C(=O)C(C)C(O)C1(C)O.[Ac]. The number of esters is 1. The number of nitrogens with zero attached hydrogens (tertiary/aromatic N) is 1. The van der Waals surface area contributed by atoms with Gasteiger partial charge in [0.1, 0.15) is 34.8 Å². The van der Waals surface area contributed by atoms with Crippen molar-refractivity contribution in [3.05, 3.63) is 0 Å². The summed E-state index contributed by atoms with van der Waals surface area (Å²) < 4.78 is 44.5. The summed E-state index contributed by atoms with van der Waals surface area (Å²) in [5.41, 5.74) is -5.65. The quantitative estimate of drug-likeness (QED) is 0.247. The molecule has 15 heteroatoms. The van der Waals surface area contributed by atoms with Gasteiger partial charge in [-0.05, 0) is 81.3 Å². The van der Waals surface area contributed by atoms with Crippen LogP contribution in [0.5, 0.6) is 0 Å². The molecule has 4 N–H and O–H groups in total. The molecule has 0 aromatic heterocycles. The number of cyclic esters (lactones) is 1. The molecule has 14 nitrogen and oxygen atoms in total. The Morgan fingerprint density at radius 1 is 0.873 bits per heavy atom. The van der Waals surface area contributed by atoms with E-state index in [1.807, 2.05) is 39.8 Å². The topological polar surface area (TPSA) is 183 Å². The molecule has 3 rings (SSSR count). The van der Waals surface area contributed by atoms with Crippen molar-refractivity contribution in [3.63, 3.8) is 0 Å². The van der Waals surface area contributed by atoms with Gasteiger partial charge in [-0.1, -0.05) is 34.6 Å². The van der Waals surface area contributed by atoms with Crippen molar-refractivity contribution < 1.29 is 107 Å². The number of ether oxygens (including phenoxy) is 7. The number of carbonyl (C=O) groups excluding carboxylic acids is 2. The summed E-state index contributed by atoms with van der Waals surface area (Å²) in [6, 6.07) is -0.287. The average molecular weight is 1000 g/mol. The molecule has 0 spiro atoms. The molecule has 0 bridgehead atoms. The number of likely N-dealkylation sites (N-methyl/N-ethyl adjacent to an activating group) is 1. The van der Waals surface area contributed by atoms with Gasteiger partial charge in [-0.25, -0.2) is 0 Å². The minimum atomic E-state index is -1.97. The summed E-state index contributed by atoms with van der Waals surface area (Å²) in [7, 11) is 6.80. The number of hydrogen-bond donors (Lipinski definition) is 4. The molecule has 319 valence electrons. The third-order valence-electron chi connectivity index (χ3n) is 13.3. The smallest absolute Gasteiger partial charge is 0.311 e. The maximum absolute atomic E-state index is 14.3. The van der Waals surface area contributed by atoms with E-state index in [-0.39, 0.29) is 81.3 Å². The maximum Gasteiger partial charge on any atom is 0.311 e. The van der Waals surface area contributed by atoms with Crippen molar-refractivity contribution >= 4 is 11.8 Å². The van der Waals surface area contributed by atoms with E-state index in [1.165, 1.54) is 21.1 Å². The van der Waals surface area contributed by atoms with Crippen molar-refractivity contribution in [3.8, 4) is 0 Å². The van der Waals surface area contributed by atoms with Crippen LogP contribution in [0.1, 0.15) is 108 Å². The fraction of sp³-hybridized carbons (Fsp3) is 0.950. The average Bonchev–Trinajstić information content (AvgIpc) is 3.12. The zero-order chi connectivity index (χ0) is 41.3. The molecule has 0 aromatic carbocycles. The van der Waals surface area contributed by atoms with Gasteiger partial charge < -0.3 is 58.5 Å². The molecule has 18 atom stereocenters. The Morgan fingerprint density at radius 3 is 1.98 bits per heavy atom. The Hall–Kier alpha value is 0.142. The molecule has 3 aliphatic heterocycles. The fourth-order valence-electron chi connectivity index (χ4n) is 9.31. The number of ketones is 1. The van der Waals surface area contributed by atoms with Gasteiger partial charge in [-0.2, -0.15) is 0 Å². The van der Waals surface area contributed by atoms with E-state index in [0.717, 1.165) is 0 Å². The predicted octanol–water partition coefficient (Wildman–Crippen LogP) is 3.22. The van der Waals surface area contributed by atoms with Crippen molar-refractivity contribution in [1.82, 2.24) is 4.90 Å². The minimum absolute atomic E-state index is 0. The molecule has 3 saturated heterocycles. The van der Waals surface area contributed by atoms with E-state index in [2.05, 4.69) is 0 Å². The molecule has 0 amide bonds. The van der Waals surface area contributed by atoms with E-state index < -0.39 is 101 Å². The van der Waals surface area contributed by atoms with E-state index in [4.69, 9.17) is 33.2 Å². The summed E-state index contributed by atoms with van der Waals surface area (Å²) >= 11 is 0. The minimum Gasteiger partial charge on any atom is -0.459 e. The third-order valence-corrected chi connectivity index (χ3v) is 13.3. The van der Waals surface area contributed by atoms with Crippen LogP contribution in [0.15, 0.2) is 0 Å². The zero-order valence-corrected chi connectivity index (χ0v) is 40.9. The first kappa shape index (κ1) is 51.3. The van der Waals surface area contributed by atoms with Gasteiger partial charge in [-0.15, -0.1) is 0 Å². The molecule has 1 radical (unpaired) electrons. The molecule has 3 aliphatic rings. The van der Waals surface area contributed by atoms with Crippen LogP contribution in [-0.4, -0.2) is 149 Å². The van der Waals surface area contributed by atoms with Crippen LogP contribution in [0.25, 0.3) is 0 Å². The third kappa shape index (κ3) is 10.5. The van der Waals surface area contributed by atoms with Gasteiger partial charge in [0.2, 0.25) is 0 Å². The summed E-state index contributed by atoms with van der Waals surface area (Å²) in [6.45, 7) is 19.0. The fourth-order valence-corrected chi connectivity index (χ4v) is 9.31. The van der Waals surface area contributed by atoms with Crippen LogP contribution in [0.4, 0.5) is 0 Å². The van der Waals surface area contributed by atoms with Crippen LogP contribution in [0.2, 0.25) is 0 Å². The summed E-state index contributed by atoms with van der Waals surface area (Å²) in [5, 5.41) is 46.5. The number of Topliss-reactive ketones (excluding diaryl/α,β-unsaturated/α-hetero) is 1. The normalized spacial score (nSPS) is 48.1. The standard InChI is InChI=1S/C40H73NO13.Ac/c1-16-28-39(11,46)33(44)23(5)30(42)21(3)19-37(9,48-14)34(54-36-31(43)27(41(12)13)18-22(4)50-36)24(6)32(25(7)35(45)52-28)53-29-20-38(10,49-15)40(47,17-2)26(8)51-29;/h21-29,31-34,36,43-44,46-47H,16-20H2,1-15H3;/t21?,22?,23?,24?,25?,26?,27?,28-,29?,31?,32?,33?,34?,36?,37?,38?,39?,40?;/m1./s1. The van der Waals surface area contributed by atoms with E-state index in [1.54, 1.807) is 48.5 Å². The van der Waals surface area contributed by atoms with E-state index in [9.17, 15) is 30.0 Å². The van der Waals surface area contributed by atoms with Crippen LogP contribution in [-0.2, 0) is 42.7 Å². The van der Waals surface area contributed by atoms with Gasteiger partial charge in [0.25, 0.3) is 0 Å². The number of rotatable bonds is 9. The molecule has 0 saturated carbocycles. The largest absolute Gasteiger partial charge is 0.459 e. The van der Waals surface area contributed by atoms with Crippen LogP contribution in [0.3, 0.4) is 0 Å². The monoisotopic (exact) mass is 1000 g/mol.